The number of benzene rings is 3. The highest BCUT2D eigenvalue weighted by Crippen LogP contribution is 2.36. The van der Waals surface area contributed by atoms with Crippen LogP contribution in [-0.2, 0) is 17.6 Å². The van der Waals surface area contributed by atoms with Crippen LogP contribution in [0.15, 0.2) is 85.1 Å². The van der Waals surface area contributed by atoms with Crippen LogP contribution < -0.4 is 5.32 Å². The first-order valence-corrected chi connectivity index (χ1v) is 13.1. The SMILES string of the molecule is CNC(=O)c1ccc(-c2cccnc2[C@@H](CC(=O)CC2=CCc3ccc(O)cc32)Cc2cc(F)cc(F)c2)cc1. The first-order valence-electron chi connectivity index (χ1n) is 13.1. The number of amides is 1. The first-order chi connectivity index (χ1) is 19.3. The van der Waals surface area contributed by atoms with Gasteiger partial charge in [-0.3, -0.25) is 14.6 Å². The van der Waals surface area contributed by atoms with E-state index in [0.29, 0.717) is 23.2 Å². The minimum Gasteiger partial charge on any atom is -0.508 e. The number of Topliss-reactive ketones (excluding diaryl/α,β-unsaturated/α-hetero) is 1. The van der Waals surface area contributed by atoms with Gasteiger partial charge in [-0.15, -0.1) is 0 Å². The smallest absolute Gasteiger partial charge is 0.251 e. The number of pyridine rings is 1. The minimum atomic E-state index is -0.682. The minimum absolute atomic E-state index is 0.0455. The Labute approximate surface area is 231 Å². The molecule has 0 aliphatic heterocycles. The molecule has 1 aliphatic rings. The van der Waals surface area contributed by atoms with E-state index in [0.717, 1.165) is 33.9 Å². The second-order valence-corrected chi connectivity index (χ2v) is 9.97. The number of rotatable bonds is 9. The molecule has 1 amide bonds. The number of carbonyl (C=O) groups is 2. The molecular weight excluding hydrogens is 510 g/mol. The average Bonchev–Trinajstić information content (AvgIpc) is 3.33. The molecule has 3 aromatic carbocycles. The van der Waals surface area contributed by atoms with E-state index in [2.05, 4.69) is 10.3 Å². The largest absolute Gasteiger partial charge is 0.508 e. The van der Waals surface area contributed by atoms with Gasteiger partial charge in [-0.2, -0.15) is 0 Å². The van der Waals surface area contributed by atoms with Crippen LogP contribution in [0, 0.1) is 11.6 Å². The highest BCUT2D eigenvalue weighted by atomic mass is 19.1. The molecule has 202 valence electrons. The highest BCUT2D eigenvalue weighted by molar-refractivity contribution is 5.95. The lowest BCUT2D eigenvalue weighted by Gasteiger charge is -2.20. The van der Waals surface area contributed by atoms with Gasteiger partial charge in [0.25, 0.3) is 5.91 Å². The number of phenolic OH excluding ortho intramolecular Hbond substituents is 1. The summed E-state index contributed by atoms with van der Waals surface area (Å²) < 4.78 is 28.2. The normalized spacial score (nSPS) is 12.9. The molecule has 0 saturated heterocycles. The number of halogens is 2. The summed E-state index contributed by atoms with van der Waals surface area (Å²) in [5, 5.41) is 12.5. The van der Waals surface area contributed by atoms with Crippen LogP contribution in [0.2, 0.25) is 0 Å². The monoisotopic (exact) mass is 538 g/mol. The van der Waals surface area contributed by atoms with Crippen molar-refractivity contribution in [2.75, 3.05) is 7.05 Å². The third-order valence-electron chi connectivity index (χ3n) is 7.18. The van der Waals surface area contributed by atoms with Crippen molar-refractivity contribution >= 4 is 17.3 Å². The van der Waals surface area contributed by atoms with Crippen molar-refractivity contribution in [3.05, 3.63) is 125 Å². The molecular formula is C33H28F2N2O3. The van der Waals surface area contributed by atoms with Crippen LogP contribution in [0.1, 0.15) is 51.5 Å². The van der Waals surface area contributed by atoms with Crippen molar-refractivity contribution in [1.29, 1.82) is 0 Å². The lowest BCUT2D eigenvalue weighted by molar-refractivity contribution is -0.118. The molecule has 1 aromatic heterocycles. The number of phenols is 1. The van der Waals surface area contributed by atoms with Crippen LogP contribution in [0.25, 0.3) is 16.7 Å². The molecule has 0 fully saturated rings. The quantitative estimate of drug-likeness (QED) is 0.258. The molecule has 7 heteroatoms. The fourth-order valence-corrected chi connectivity index (χ4v) is 5.32. The van der Waals surface area contributed by atoms with E-state index in [1.54, 1.807) is 43.6 Å². The molecule has 2 N–H and O–H groups in total. The van der Waals surface area contributed by atoms with Crippen molar-refractivity contribution < 1.29 is 23.5 Å². The maximum Gasteiger partial charge on any atom is 0.251 e. The van der Waals surface area contributed by atoms with Gasteiger partial charge in [0.2, 0.25) is 0 Å². The van der Waals surface area contributed by atoms with Gasteiger partial charge in [0.1, 0.15) is 23.2 Å². The zero-order chi connectivity index (χ0) is 28.2. The number of aromatic hydroxyl groups is 1. The number of carbonyl (C=O) groups excluding carboxylic acids is 2. The van der Waals surface area contributed by atoms with Crippen molar-refractivity contribution in [3.63, 3.8) is 0 Å². The van der Waals surface area contributed by atoms with Crippen molar-refractivity contribution in [3.8, 4) is 16.9 Å². The Morgan fingerprint density at radius 3 is 2.45 bits per heavy atom. The highest BCUT2D eigenvalue weighted by Gasteiger charge is 2.24. The van der Waals surface area contributed by atoms with E-state index in [9.17, 15) is 23.5 Å². The fourth-order valence-electron chi connectivity index (χ4n) is 5.32. The van der Waals surface area contributed by atoms with E-state index in [4.69, 9.17) is 0 Å². The Morgan fingerprint density at radius 1 is 0.975 bits per heavy atom. The summed E-state index contributed by atoms with van der Waals surface area (Å²) in [7, 11) is 1.56. The first kappa shape index (κ1) is 26.9. The van der Waals surface area contributed by atoms with Gasteiger partial charge in [0.05, 0.1) is 5.69 Å². The van der Waals surface area contributed by atoms with E-state index in [-0.39, 0.29) is 36.7 Å². The maximum absolute atomic E-state index is 14.1. The van der Waals surface area contributed by atoms with Crippen molar-refractivity contribution in [1.82, 2.24) is 10.3 Å². The topological polar surface area (TPSA) is 79.3 Å². The molecule has 40 heavy (non-hydrogen) atoms. The molecule has 0 saturated carbocycles. The van der Waals surface area contributed by atoms with Gasteiger partial charge < -0.3 is 10.4 Å². The number of hydrogen-bond donors (Lipinski definition) is 2. The summed E-state index contributed by atoms with van der Waals surface area (Å²) in [6, 6.07) is 19.3. The Bertz CT molecular complexity index is 1590. The van der Waals surface area contributed by atoms with Crippen molar-refractivity contribution in [2.45, 2.75) is 31.6 Å². The van der Waals surface area contributed by atoms with Gasteiger partial charge in [-0.25, -0.2) is 8.78 Å². The zero-order valence-electron chi connectivity index (χ0n) is 22.0. The second-order valence-electron chi connectivity index (χ2n) is 9.97. The predicted molar refractivity (Wildman–Crippen MR) is 150 cm³/mol. The Hall–Kier alpha value is -4.65. The van der Waals surface area contributed by atoms with E-state index in [1.165, 1.54) is 12.1 Å². The number of fused-ring (bicyclic) bond motifs is 1. The zero-order valence-corrected chi connectivity index (χ0v) is 22.0. The van der Waals surface area contributed by atoms with Gasteiger partial charge >= 0.3 is 0 Å². The molecule has 1 heterocycles. The van der Waals surface area contributed by atoms with Crippen LogP contribution in [-0.4, -0.2) is 28.8 Å². The summed E-state index contributed by atoms with van der Waals surface area (Å²) in [5.74, 6) is -1.93. The standard InChI is InChI=1S/C33H28F2N2O3/c1-36-33(40)23-7-4-21(5-8-23)30-3-2-12-37-32(30)25(13-20-14-26(34)18-27(35)15-20)17-29(39)16-24-9-6-22-10-11-28(38)19-31(22)24/h2-5,7-12,14-15,18-19,25,38H,6,13,16-17H2,1H3,(H,36,40)/t25-/m1/s1. The molecule has 1 atom stereocenters. The number of aromatic nitrogens is 1. The van der Waals surface area contributed by atoms with Crippen LogP contribution >= 0.6 is 0 Å². The third-order valence-corrected chi connectivity index (χ3v) is 7.18. The summed E-state index contributed by atoms with van der Waals surface area (Å²) in [5.41, 5.74) is 5.93. The number of ketones is 1. The summed E-state index contributed by atoms with van der Waals surface area (Å²) in [6.07, 6.45) is 4.81. The fraction of sp³-hybridized carbons (Fsp3) is 0.182. The summed E-state index contributed by atoms with van der Waals surface area (Å²) in [6.45, 7) is 0. The molecule has 0 unspecified atom stereocenters. The Balaban J connectivity index is 1.47. The number of allylic oxidation sites excluding steroid dienone is 2. The van der Waals surface area contributed by atoms with E-state index < -0.39 is 17.6 Å². The van der Waals surface area contributed by atoms with Crippen LogP contribution in [0.3, 0.4) is 0 Å². The van der Waals surface area contributed by atoms with Gasteiger partial charge in [-0.05, 0) is 83.1 Å². The van der Waals surface area contributed by atoms with E-state index in [1.807, 2.05) is 30.3 Å². The lowest BCUT2D eigenvalue weighted by Crippen LogP contribution is -2.17. The summed E-state index contributed by atoms with van der Waals surface area (Å²) >= 11 is 0. The second kappa shape index (κ2) is 11.6. The number of nitrogens with one attached hydrogen (secondary N) is 1. The Morgan fingerprint density at radius 2 is 1.73 bits per heavy atom. The predicted octanol–water partition coefficient (Wildman–Crippen LogP) is 6.41. The van der Waals surface area contributed by atoms with Gasteiger partial charge in [0.15, 0.2) is 0 Å². The average molecular weight is 539 g/mol. The van der Waals surface area contributed by atoms with Gasteiger partial charge in [-0.1, -0.05) is 30.3 Å². The van der Waals surface area contributed by atoms with Crippen LogP contribution in [0.4, 0.5) is 8.78 Å². The molecule has 4 aromatic rings. The lowest BCUT2D eigenvalue weighted by atomic mass is 9.85. The van der Waals surface area contributed by atoms with E-state index >= 15 is 0 Å². The van der Waals surface area contributed by atoms with Gasteiger partial charge in [0, 0.05) is 49.2 Å². The number of hydrogen-bond acceptors (Lipinski definition) is 4. The third kappa shape index (κ3) is 5.99. The molecule has 5 nitrogen and oxygen atoms in total. The Kier molecular flexibility index (Phi) is 7.82. The molecule has 5 rings (SSSR count). The number of nitrogens with zero attached hydrogens (tertiary/aromatic N) is 1. The van der Waals surface area contributed by atoms with Crippen LogP contribution in [0.5, 0.6) is 5.75 Å². The molecule has 0 spiro atoms. The maximum atomic E-state index is 14.1. The molecule has 0 bridgehead atoms. The van der Waals surface area contributed by atoms with Crippen molar-refractivity contribution in [2.24, 2.45) is 0 Å². The summed E-state index contributed by atoms with van der Waals surface area (Å²) in [4.78, 5) is 30.1. The molecule has 1 aliphatic carbocycles. The molecule has 0 radical (unpaired) electrons.